The van der Waals surface area contributed by atoms with E-state index in [9.17, 15) is 4.79 Å². The first-order valence-electron chi connectivity index (χ1n) is 7.10. The molecule has 1 N–H and O–H groups in total. The Morgan fingerprint density at radius 1 is 1.27 bits per heavy atom. The third-order valence-corrected chi connectivity index (χ3v) is 4.56. The Kier molecular flexibility index (Phi) is 6.36. The smallest absolute Gasteiger partial charge is 0.277 e. The molecule has 1 fully saturated rings. The van der Waals surface area contributed by atoms with E-state index in [-0.39, 0.29) is 12.5 Å². The molecule has 4 nitrogen and oxygen atoms in total. The molecule has 1 amide bonds. The van der Waals surface area contributed by atoms with Gasteiger partial charge in [0.15, 0.2) is 6.61 Å². The number of hydrazone groups is 1. The van der Waals surface area contributed by atoms with Crippen molar-refractivity contribution in [3.05, 3.63) is 27.2 Å². The Morgan fingerprint density at radius 2 is 2.00 bits per heavy atom. The van der Waals surface area contributed by atoms with Gasteiger partial charge in [0.1, 0.15) is 5.75 Å². The molecule has 0 spiro atoms. The molecule has 7 heteroatoms. The molecule has 2 rings (SSSR count). The van der Waals surface area contributed by atoms with Gasteiger partial charge in [-0.2, -0.15) is 5.10 Å². The molecule has 1 atom stereocenters. The van der Waals surface area contributed by atoms with Crippen molar-refractivity contribution in [2.24, 2.45) is 11.0 Å². The average Bonchev–Trinajstić information content (AvgIpc) is 2.49. The van der Waals surface area contributed by atoms with Gasteiger partial charge in [0.05, 0.1) is 15.1 Å². The Balaban J connectivity index is 1.88. The number of carbonyl (C=O) groups excluding carboxylic acids is 1. The fourth-order valence-electron chi connectivity index (χ4n) is 2.26. The number of carbonyl (C=O) groups is 1. The molecule has 1 aromatic carbocycles. The van der Waals surface area contributed by atoms with E-state index < -0.39 is 0 Å². The van der Waals surface area contributed by atoms with Gasteiger partial charge >= 0.3 is 0 Å². The molecule has 0 heterocycles. The van der Waals surface area contributed by atoms with Crippen molar-refractivity contribution < 1.29 is 9.53 Å². The largest absolute Gasteiger partial charge is 0.482 e. The zero-order valence-corrected chi connectivity index (χ0v) is 14.4. The van der Waals surface area contributed by atoms with Gasteiger partial charge in [-0.05, 0) is 31.2 Å². The third-order valence-electron chi connectivity index (χ3n) is 3.55. The van der Waals surface area contributed by atoms with Gasteiger partial charge in [0.2, 0.25) is 0 Å². The van der Waals surface area contributed by atoms with E-state index in [0.717, 1.165) is 25.0 Å². The SMILES string of the molecule is CC1CCCC/C1=N/NC(=O)COc1cc(Cl)c(Cl)cc1Cl. The second-order valence-electron chi connectivity index (χ2n) is 5.27. The number of nitrogens with one attached hydrogen (secondary N) is 1. The van der Waals surface area contributed by atoms with Crippen LogP contribution < -0.4 is 10.2 Å². The number of benzene rings is 1. The summed E-state index contributed by atoms with van der Waals surface area (Å²) in [6, 6.07) is 2.96. The lowest BCUT2D eigenvalue weighted by molar-refractivity contribution is -0.123. The third kappa shape index (κ3) is 4.77. The van der Waals surface area contributed by atoms with E-state index in [1.807, 2.05) is 0 Å². The first kappa shape index (κ1) is 17.4. The minimum Gasteiger partial charge on any atom is -0.482 e. The lowest BCUT2D eigenvalue weighted by atomic mass is 9.89. The van der Waals surface area contributed by atoms with Crippen LogP contribution in [0.25, 0.3) is 0 Å². The van der Waals surface area contributed by atoms with Crippen molar-refractivity contribution in [3.63, 3.8) is 0 Å². The van der Waals surface area contributed by atoms with Crippen LogP contribution in [0.4, 0.5) is 0 Å². The number of hydrogen-bond donors (Lipinski definition) is 1. The standard InChI is InChI=1S/C15H17Cl3N2O2/c1-9-4-2-3-5-13(9)19-20-15(21)8-22-14-7-11(17)10(16)6-12(14)18/h6-7,9H,2-5,8H2,1H3,(H,20,21)/b19-13-. The van der Waals surface area contributed by atoms with E-state index in [1.165, 1.54) is 18.6 Å². The summed E-state index contributed by atoms with van der Waals surface area (Å²) < 4.78 is 5.34. The number of rotatable bonds is 4. The minimum atomic E-state index is -0.340. The van der Waals surface area contributed by atoms with Gasteiger partial charge in [-0.3, -0.25) is 4.79 Å². The normalized spacial score (nSPS) is 20.0. The molecule has 22 heavy (non-hydrogen) atoms. The Morgan fingerprint density at radius 3 is 2.73 bits per heavy atom. The second kappa shape index (κ2) is 8.04. The van der Waals surface area contributed by atoms with Crippen molar-refractivity contribution >= 4 is 46.4 Å². The minimum absolute atomic E-state index is 0.192. The van der Waals surface area contributed by atoms with Crippen LogP contribution in [0.15, 0.2) is 17.2 Å². The molecular formula is C15H17Cl3N2O2. The van der Waals surface area contributed by atoms with Crippen molar-refractivity contribution in [1.29, 1.82) is 0 Å². The molecule has 1 saturated carbocycles. The van der Waals surface area contributed by atoms with Gasteiger partial charge in [0, 0.05) is 11.8 Å². The maximum absolute atomic E-state index is 11.8. The highest BCUT2D eigenvalue weighted by molar-refractivity contribution is 6.43. The number of hydrogen-bond acceptors (Lipinski definition) is 3. The van der Waals surface area contributed by atoms with E-state index in [1.54, 1.807) is 0 Å². The van der Waals surface area contributed by atoms with Crippen LogP contribution in [0.3, 0.4) is 0 Å². The van der Waals surface area contributed by atoms with E-state index in [2.05, 4.69) is 17.5 Å². The van der Waals surface area contributed by atoms with Crippen molar-refractivity contribution in [3.8, 4) is 5.75 Å². The van der Waals surface area contributed by atoms with Gasteiger partial charge in [-0.15, -0.1) is 0 Å². The number of amides is 1. The summed E-state index contributed by atoms with van der Waals surface area (Å²) in [5.41, 5.74) is 3.55. The molecule has 1 aliphatic carbocycles. The zero-order chi connectivity index (χ0) is 16.1. The van der Waals surface area contributed by atoms with Gasteiger partial charge in [0.25, 0.3) is 5.91 Å². The Bertz CT molecular complexity index is 590. The van der Waals surface area contributed by atoms with Crippen LogP contribution in [0.5, 0.6) is 5.75 Å². The first-order valence-corrected chi connectivity index (χ1v) is 8.23. The molecule has 0 bridgehead atoms. The molecule has 0 saturated heterocycles. The highest BCUT2D eigenvalue weighted by Crippen LogP contribution is 2.33. The monoisotopic (exact) mass is 362 g/mol. The van der Waals surface area contributed by atoms with Crippen LogP contribution in [-0.4, -0.2) is 18.2 Å². The Hall–Kier alpha value is -0.970. The van der Waals surface area contributed by atoms with E-state index in [0.29, 0.717) is 26.7 Å². The fraction of sp³-hybridized carbons (Fsp3) is 0.467. The van der Waals surface area contributed by atoms with Crippen LogP contribution in [0, 0.1) is 5.92 Å². The second-order valence-corrected chi connectivity index (χ2v) is 6.49. The number of nitrogens with zero attached hydrogens (tertiary/aromatic N) is 1. The summed E-state index contributed by atoms with van der Waals surface area (Å²) in [6.07, 6.45) is 4.38. The van der Waals surface area contributed by atoms with Crippen LogP contribution in [0.2, 0.25) is 15.1 Å². The first-order chi connectivity index (χ1) is 10.5. The molecule has 1 aliphatic rings. The van der Waals surface area contributed by atoms with Gasteiger partial charge < -0.3 is 4.74 Å². The highest BCUT2D eigenvalue weighted by Gasteiger charge is 2.16. The molecule has 0 aromatic heterocycles. The molecule has 1 aromatic rings. The van der Waals surface area contributed by atoms with Gasteiger partial charge in [-0.25, -0.2) is 5.43 Å². The summed E-state index contributed by atoms with van der Waals surface area (Å²) >= 11 is 17.7. The predicted molar refractivity (Wildman–Crippen MR) is 90.2 cm³/mol. The summed E-state index contributed by atoms with van der Waals surface area (Å²) in [4.78, 5) is 11.8. The zero-order valence-electron chi connectivity index (χ0n) is 12.2. The van der Waals surface area contributed by atoms with E-state index >= 15 is 0 Å². The molecular weight excluding hydrogens is 347 g/mol. The summed E-state index contributed by atoms with van der Waals surface area (Å²) in [5, 5.41) is 5.14. The molecule has 0 aliphatic heterocycles. The predicted octanol–water partition coefficient (Wildman–Crippen LogP) is 4.71. The van der Waals surface area contributed by atoms with Crippen molar-refractivity contribution in [2.45, 2.75) is 32.6 Å². The highest BCUT2D eigenvalue weighted by atomic mass is 35.5. The average molecular weight is 364 g/mol. The quantitative estimate of drug-likeness (QED) is 0.622. The molecule has 0 radical (unpaired) electrons. The van der Waals surface area contributed by atoms with Crippen LogP contribution in [-0.2, 0) is 4.79 Å². The summed E-state index contributed by atoms with van der Waals surface area (Å²) in [5.74, 6) is 0.386. The number of halogens is 3. The van der Waals surface area contributed by atoms with Crippen LogP contribution in [0.1, 0.15) is 32.6 Å². The van der Waals surface area contributed by atoms with Crippen LogP contribution >= 0.6 is 34.8 Å². The summed E-state index contributed by atoms with van der Waals surface area (Å²) in [6.45, 7) is 1.93. The lowest BCUT2D eigenvalue weighted by Gasteiger charge is -2.19. The Labute approximate surface area is 144 Å². The van der Waals surface area contributed by atoms with Gasteiger partial charge in [-0.1, -0.05) is 48.1 Å². The maximum atomic E-state index is 11.8. The lowest BCUT2D eigenvalue weighted by Crippen LogP contribution is -2.28. The topological polar surface area (TPSA) is 50.7 Å². The number of ether oxygens (including phenoxy) is 1. The fourth-order valence-corrected chi connectivity index (χ4v) is 2.85. The molecule has 120 valence electrons. The maximum Gasteiger partial charge on any atom is 0.277 e. The van der Waals surface area contributed by atoms with E-state index in [4.69, 9.17) is 39.5 Å². The molecule has 1 unspecified atom stereocenters. The van der Waals surface area contributed by atoms with Crippen molar-refractivity contribution in [2.75, 3.05) is 6.61 Å². The summed E-state index contributed by atoms with van der Waals surface area (Å²) in [7, 11) is 0. The van der Waals surface area contributed by atoms with Crippen molar-refractivity contribution in [1.82, 2.24) is 5.43 Å².